The molecule has 0 aliphatic rings. The molecule has 1 atom stereocenters. The Morgan fingerprint density at radius 3 is 2.26 bits per heavy atom. The average Bonchev–Trinajstić information content (AvgIpc) is 2.68. The van der Waals surface area contributed by atoms with Crippen molar-refractivity contribution in [2.24, 2.45) is 0 Å². The second-order valence-corrected chi connectivity index (χ2v) is 9.35. The minimum Gasteiger partial charge on any atom is -0.484 e. The highest BCUT2D eigenvalue weighted by Gasteiger charge is 2.31. The van der Waals surface area contributed by atoms with Crippen LogP contribution in [0.4, 0.5) is 0 Å². The fraction of sp³-hybridized carbons (Fsp3) is 0.417. The number of rotatable bonds is 8. The SMILES string of the molecule is CCC(C(=O)NC(C)(C)C)N(Cc1ccc(Cl)c(Cl)c1)C(=O)COc1ccc(C)cc1. The summed E-state index contributed by atoms with van der Waals surface area (Å²) < 4.78 is 5.69. The third kappa shape index (κ3) is 7.75. The largest absolute Gasteiger partial charge is 0.484 e. The number of nitrogens with zero attached hydrogens (tertiary/aromatic N) is 1. The van der Waals surface area contributed by atoms with E-state index in [1.165, 1.54) is 4.90 Å². The molecule has 1 unspecified atom stereocenters. The Bertz CT molecular complexity index is 908. The Kier molecular flexibility index (Phi) is 8.78. The molecule has 1 N–H and O–H groups in total. The van der Waals surface area contributed by atoms with E-state index in [1.807, 2.05) is 58.9 Å². The van der Waals surface area contributed by atoms with Gasteiger partial charge in [0.25, 0.3) is 5.91 Å². The van der Waals surface area contributed by atoms with E-state index < -0.39 is 11.6 Å². The highest BCUT2D eigenvalue weighted by atomic mass is 35.5. The van der Waals surface area contributed by atoms with E-state index in [1.54, 1.807) is 18.2 Å². The second kappa shape index (κ2) is 10.9. The molecule has 7 heteroatoms. The van der Waals surface area contributed by atoms with Crippen molar-refractivity contribution in [3.05, 3.63) is 63.6 Å². The van der Waals surface area contributed by atoms with Gasteiger partial charge in [0.1, 0.15) is 11.8 Å². The number of amides is 2. The molecule has 31 heavy (non-hydrogen) atoms. The number of nitrogens with one attached hydrogen (secondary N) is 1. The first-order valence-electron chi connectivity index (χ1n) is 10.2. The van der Waals surface area contributed by atoms with Crippen LogP contribution < -0.4 is 10.1 Å². The molecule has 0 bridgehead atoms. The molecule has 0 saturated heterocycles. The van der Waals surface area contributed by atoms with Gasteiger partial charge >= 0.3 is 0 Å². The van der Waals surface area contributed by atoms with Gasteiger partial charge in [-0.05, 0) is 63.9 Å². The molecule has 0 aliphatic heterocycles. The van der Waals surface area contributed by atoms with E-state index in [-0.39, 0.29) is 25.0 Å². The van der Waals surface area contributed by atoms with Crippen molar-refractivity contribution < 1.29 is 14.3 Å². The number of hydrogen-bond donors (Lipinski definition) is 1. The first kappa shape index (κ1) is 25.0. The van der Waals surface area contributed by atoms with Crippen molar-refractivity contribution in [2.75, 3.05) is 6.61 Å². The zero-order valence-electron chi connectivity index (χ0n) is 18.7. The highest BCUT2D eigenvalue weighted by molar-refractivity contribution is 6.42. The third-order valence-electron chi connectivity index (χ3n) is 4.60. The predicted molar refractivity (Wildman–Crippen MR) is 126 cm³/mol. The molecule has 0 heterocycles. The summed E-state index contributed by atoms with van der Waals surface area (Å²) in [7, 11) is 0. The number of aryl methyl sites for hydroxylation is 1. The van der Waals surface area contributed by atoms with Crippen molar-refractivity contribution in [1.82, 2.24) is 10.2 Å². The monoisotopic (exact) mass is 464 g/mol. The molecule has 168 valence electrons. The molecule has 0 aliphatic carbocycles. The van der Waals surface area contributed by atoms with E-state index >= 15 is 0 Å². The fourth-order valence-electron chi connectivity index (χ4n) is 3.07. The van der Waals surface area contributed by atoms with Crippen molar-refractivity contribution in [3.63, 3.8) is 0 Å². The van der Waals surface area contributed by atoms with Crippen LogP contribution in [0.15, 0.2) is 42.5 Å². The zero-order chi connectivity index (χ0) is 23.2. The van der Waals surface area contributed by atoms with Gasteiger partial charge in [-0.3, -0.25) is 9.59 Å². The van der Waals surface area contributed by atoms with Crippen LogP contribution in [-0.2, 0) is 16.1 Å². The van der Waals surface area contributed by atoms with Crippen LogP contribution in [0.1, 0.15) is 45.2 Å². The first-order chi connectivity index (χ1) is 14.5. The number of halogens is 2. The Morgan fingerprint density at radius 1 is 1.06 bits per heavy atom. The first-order valence-corrected chi connectivity index (χ1v) is 11.0. The lowest BCUT2D eigenvalue weighted by atomic mass is 10.1. The van der Waals surface area contributed by atoms with E-state index in [0.717, 1.165) is 11.1 Å². The summed E-state index contributed by atoms with van der Waals surface area (Å²) in [5.41, 5.74) is 1.46. The minimum atomic E-state index is -0.650. The molecule has 0 aromatic heterocycles. The minimum absolute atomic E-state index is 0.177. The number of hydrogen-bond acceptors (Lipinski definition) is 3. The molecular formula is C24H30Cl2N2O3. The lowest BCUT2D eigenvalue weighted by molar-refractivity contribution is -0.143. The normalized spacial score (nSPS) is 12.2. The van der Waals surface area contributed by atoms with Gasteiger partial charge in [0.05, 0.1) is 10.0 Å². The van der Waals surface area contributed by atoms with Gasteiger partial charge in [0.15, 0.2) is 6.61 Å². The van der Waals surface area contributed by atoms with Gasteiger partial charge in [-0.1, -0.05) is 53.9 Å². The molecule has 2 rings (SSSR count). The molecule has 0 spiro atoms. The lowest BCUT2D eigenvalue weighted by Gasteiger charge is -2.33. The molecule has 0 fully saturated rings. The van der Waals surface area contributed by atoms with E-state index in [0.29, 0.717) is 22.2 Å². The molecular weight excluding hydrogens is 435 g/mol. The lowest BCUT2D eigenvalue weighted by Crippen LogP contribution is -2.54. The van der Waals surface area contributed by atoms with Gasteiger partial charge in [-0.2, -0.15) is 0 Å². The van der Waals surface area contributed by atoms with Gasteiger partial charge in [0, 0.05) is 12.1 Å². The van der Waals surface area contributed by atoms with Crippen molar-refractivity contribution in [3.8, 4) is 5.75 Å². The Labute approximate surface area is 194 Å². The average molecular weight is 465 g/mol. The summed E-state index contributed by atoms with van der Waals surface area (Å²) in [6, 6.07) is 12.0. The number of carbonyl (C=O) groups excluding carboxylic acids is 2. The van der Waals surface area contributed by atoms with E-state index in [9.17, 15) is 9.59 Å². The summed E-state index contributed by atoms with van der Waals surface area (Å²) in [6.07, 6.45) is 0.458. The third-order valence-corrected chi connectivity index (χ3v) is 5.34. The predicted octanol–water partition coefficient (Wildman–Crippen LogP) is 5.40. The molecule has 2 aromatic rings. The zero-order valence-corrected chi connectivity index (χ0v) is 20.2. The van der Waals surface area contributed by atoms with Crippen LogP contribution >= 0.6 is 23.2 Å². The number of carbonyl (C=O) groups is 2. The van der Waals surface area contributed by atoms with E-state index in [2.05, 4.69) is 5.32 Å². The maximum absolute atomic E-state index is 13.2. The van der Waals surface area contributed by atoms with Crippen molar-refractivity contribution in [1.29, 1.82) is 0 Å². The fourth-order valence-corrected chi connectivity index (χ4v) is 3.39. The van der Waals surface area contributed by atoms with Gasteiger partial charge in [-0.15, -0.1) is 0 Å². The Morgan fingerprint density at radius 2 is 1.71 bits per heavy atom. The van der Waals surface area contributed by atoms with E-state index in [4.69, 9.17) is 27.9 Å². The smallest absolute Gasteiger partial charge is 0.261 e. The Hall–Kier alpha value is -2.24. The summed E-state index contributed by atoms with van der Waals surface area (Å²) in [4.78, 5) is 27.7. The molecule has 0 radical (unpaired) electrons. The topological polar surface area (TPSA) is 58.6 Å². The van der Waals surface area contributed by atoms with Gasteiger partial charge < -0.3 is 15.0 Å². The van der Waals surface area contributed by atoms with Crippen LogP contribution in [-0.4, -0.2) is 34.9 Å². The molecule has 0 saturated carbocycles. The van der Waals surface area contributed by atoms with Crippen LogP contribution in [0.25, 0.3) is 0 Å². The summed E-state index contributed by atoms with van der Waals surface area (Å²) in [5.74, 6) is 0.0990. The van der Waals surface area contributed by atoms with Crippen LogP contribution in [0.2, 0.25) is 10.0 Å². The molecule has 5 nitrogen and oxygen atoms in total. The molecule has 2 amide bonds. The highest BCUT2D eigenvalue weighted by Crippen LogP contribution is 2.24. The summed E-state index contributed by atoms with van der Waals surface area (Å²) in [6.45, 7) is 9.61. The molecule has 2 aromatic carbocycles. The number of benzene rings is 2. The second-order valence-electron chi connectivity index (χ2n) is 8.54. The van der Waals surface area contributed by atoms with Crippen LogP contribution in [0, 0.1) is 6.92 Å². The maximum atomic E-state index is 13.2. The standard InChI is InChI=1S/C24H30Cl2N2O3/c1-6-21(23(30)27-24(3,4)5)28(14-17-9-12-19(25)20(26)13-17)22(29)15-31-18-10-7-16(2)8-11-18/h7-13,21H,6,14-15H2,1-5H3,(H,27,30). The van der Waals surface area contributed by atoms with Crippen molar-refractivity contribution >= 4 is 35.0 Å². The van der Waals surface area contributed by atoms with Gasteiger partial charge in [0.2, 0.25) is 5.91 Å². The van der Waals surface area contributed by atoms with Gasteiger partial charge in [-0.25, -0.2) is 0 Å². The van der Waals surface area contributed by atoms with Crippen LogP contribution in [0.5, 0.6) is 5.75 Å². The maximum Gasteiger partial charge on any atom is 0.261 e. The Balaban J connectivity index is 2.25. The summed E-state index contributed by atoms with van der Waals surface area (Å²) in [5, 5.41) is 3.80. The number of ether oxygens (including phenoxy) is 1. The van der Waals surface area contributed by atoms with Crippen molar-refractivity contribution in [2.45, 2.75) is 59.2 Å². The van der Waals surface area contributed by atoms with Crippen LogP contribution in [0.3, 0.4) is 0 Å². The quantitative estimate of drug-likeness (QED) is 0.568. The summed E-state index contributed by atoms with van der Waals surface area (Å²) >= 11 is 12.2.